The Morgan fingerprint density at radius 2 is 1.44 bits per heavy atom. The minimum Gasteiger partial charge on any atom is -0.354 e. The Morgan fingerprint density at radius 1 is 0.844 bits per heavy atom. The monoisotopic (exact) mass is 422 g/mol. The molecule has 6 nitrogen and oxygen atoms in total. The Hall–Kier alpha value is -4.45. The number of aromatic nitrogens is 2. The van der Waals surface area contributed by atoms with Crippen LogP contribution >= 0.6 is 0 Å². The SMILES string of the molecule is CNC(=O)C(=Cc1cn(-c2ccccc2)nc1-c1ccccc1)NC(=O)c1ccccc1. The van der Waals surface area contributed by atoms with Gasteiger partial charge in [0.05, 0.1) is 5.69 Å². The van der Waals surface area contributed by atoms with Crippen LogP contribution < -0.4 is 10.6 Å². The van der Waals surface area contributed by atoms with Crippen molar-refractivity contribution in [3.05, 3.63) is 114 Å². The molecule has 0 spiro atoms. The van der Waals surface area contributed by atoms with Crippen LogP contribution in [0.3, 0.4) is 0 Å². The Morgan fingerprint density at radius 3 is 2.06 bits per heavy atom. The highest BCUT2D eigenvalue weighted by Gasteiger charge is 2.17. The molecule has 0 saturated heterocycles. The summed E-state index contributed by atoms with van der Waals surface area (Å²) in [5.41, 5.74) is 3.78. The quantitative estimate of drug-likeness (QED) is 0.460. The molecule has 2 N–H and O–H groups in total. The van der Waals surface area contributed by atoms with Gasteiger partial charge in [-0.25, -0.2) is 4.68 Å². The molecular formula is C26H22N4O2. The zero-order valence-corrected chi connectivity index (χ0v) is 17.5. The molecule has 3 aromatic carbocycles. The minimum absolute atomic E-state index is 0.131. The molecule has 0 saturated carbocycles. The summed E-state index contributed by atoms with van der Waals surface area (Å²) < 4.78 is 1.76. The third-order valence-corrected chi connectivity index (χ3v) is 4.87. The normalized spacial score (nSPS) is 11.1. The number of likely N-dealkylation sites (N-methyl/N-ethyl adjacent to an activating group) is 1. The molecule has 2 amide bonds. The van der Waals surface area contributed by atoms with Crippen LogP contribution in [-0.2, 0) is 4.79 Å². The van der Waals surface area contributed by atoms with Crippen LogP contribution in [-0.4, -0.2) is 28.6 Å². The number of rotatable bonds is 6. The fourth-order valence-electron chi connectivity index (χ4n) is 3.26. The molecule has 158 valence electrons. The van der Waals surface area contributed by atoms with Gasteiger partial charge in [-0.05, 0) is 30.3 Å². The maximum Gasteiger partial charge on any atom is 0.267 e. The number of benzene rings is 3. The third-order valence-electron chi connectivity index (χ3n) is 4.87. The van der Waals surface area contributed by atoms with Crippen LogP contribution in [0, 0.1) is 0 Å². The summed E-state index contributed by atoms with van der Waals surface area (Å²) in [4.78, 5) is 25.3. The molecule has 32 heavy (non-hydrogen) atoms. The van der Waals surface area contributed by atoms with Crippen molar-refractivity contribution >= 4 is 17.9 Å². The predicted molar refractivity (Wildman–Crippen MR) is 125 cm³/mol. The molecule has 6 heteroatoms. The van der Waals surface area contributed by atoms with Gasteiger partial charge in [0.2, 0.25) is 0 Å². The molecule has 0 radical (unpaired) electrons. The van der Waals surface area contributed by atoms with Gasteiger partial charge in [0, 0.05) is 29.9 Å². The summed E-state index contributed by atoms with van der Waals surface area (Å²) in [6.45, 7) is 0. The zero-order valence-electron chi connectivity index (χ0n) is 17.5. The highest BCUT2D eigenvalue weighted by atomic mass is 16.2. The van der Waals surface area contributed by atoms with Gasteiger partial charge < -0.3 is 10.6 Å². The largest absolute Gasteiger partial charge is 0.354 e. The van der Waals surface area contributed by atoms with Crippen molar-refractivity contribution in [3.63, 3.8) is 0 Å². The second-order valence-corrected chi connectivity index (χ2v) is 7.04. The lowest BCUT2D eigenvalue weighted by molar-refractivity contribution is -0.117. The summed E-state index contributed by atoms with van der Waals surface area (Å²) in [5, 5.41) is 10.1. The van der Waals surface area contributed by atoms with Crippen molar-refractivity contribution in [2.24, 2.45) is 0 Å². The van der Waals surface area contributed by atoms with Crippen molar-refractivity contribution in [2.45, 2.75) is 0 Å². The van der Waals surface area contributed by atoms with E-state index in [1.165, 1.54) is 7.05 Å². The van der Waals surface area contributed by atoms with Gasteiger partial charge >= 0.3 is 0 Å². The maximum atomic E-state index is 12.7. The molecule has 0 bridgehead atoms. The maximum absolute atomic E-state index is 12.7. The number of carbonyl (C=O) groups excluding carboxylic acids is 2. The van der Waals surface area contributed by atoms with Crippen LogP contribution in [0.15, 0.2) is 103 Å². The van der Waals surface area contributed by atoms with E-state index in [0.29, 0.717) is 16.8 Å². The molecule has 0 aliphatic heterocycles. The molecule has 4 aromatic rings. The molecule has 0 unspecified atom stereocenters. The van der Waals surface area contributed by atoms with Gasteiger partial charge in [-0.15, -0.1) is 0 Å². The molecule has 0 aliphatic rings. The summed E-state index contributed by atoms with van der Waals surface area (Å²) in [6, 6.07) is 28.2. The van der Waals surface area contributed by atoms with Crippen LogP contribution in [0.2, 0.25) is 0 Å². The van der Waals surface area contributed by atoms with E-state index < -0.39 is 5.91 Å². The lowest BCUT2D eigenvalue weighted by Crippen LogP contribution is -2.33. The number of nitrogens with zero attached hydrogens (tertiary/aromatic N) is 2. The molecule has 0 aliphatic carbocycles. The van der Waals surface area contributed by atoms with Gasteiger partial charge in [-0.2, -0.15) is 5.10 Å². The molecule has 0 atom stereocenters. The molecule has 1 heterocycles. The Kier molecular flexibility index (Phi) is 6.22. The minimum atomic E-state index is -0.402. The summed E-state index contributed by atoms with van der Waals surface area (Å²) >= 11 is 0. The lowest BCUT2D eigenvalue weighted by Gasteiger charge is -2.09. The molecular weight excluding hydrogens is 400 g/mol. The van der Waals surface area contributed by atoms with Gasteiger partial charge in [-0.3, -0.25) is 9.59 Å². The van der Waals surface area contributed by atoms with Crippen molar-refractivity contribution < 1.29 is 9.59 Å². The van der Waals surface area contributed by atoms with Crippen molar-refractivity contribution in [3.8, 4) is 16.9 Å². The summed E-state index contributed by atoms with van der Waals surface area (Å²) in [7, 11) is 1.52. The van der Waals surface area contributed by atoms with Crippen LogP contribution in [0.4, 0.5) is 0 Å². The average Bonchev–Trinajstić information content (AvgIpc) is 3.28. The topological polar surface area (TPSA) is 76.0 Å². The van der Waals surface area contributed by atoms with Crippen LogP contribution in [0.1, 0.15) is 15.9 Å². The van der Waals surface area contributed by atoms with Crippen molar-refractivity contribution in [2.75, 3.05) is 7.05 Å². The first-order valence-electron chi connectivity index (χ1n) is 10.2. The van der Waals surface area contributed by atoms with Gasteiger partial charge in [0.1, 0.15) is 11.4 Å². The second-order valence-electron chi connectivity index (χ2n) is 7.04. The van der Waals surface area contributed by atoms with Crippen molar-refractivity contribution in [1.82, 2.24) is 20.4 Å². The van der Waals surface area contributed by atoms with Crippen LogP contribution in [0.25, 0.3) is 23.0 Å². The lowest BCUT2D eigenvalue weighted by atomic mass is 10.1. The van der Waals surface area contributed by atoms with Crippen molar-refractivity contribution in [1.29, 1.82) is 0 Å². The Labute approximate surface area is 186 Å². The predicted octanol–water partition coefficient (Wildman–Crippen LogP) is 4.06. The number of hydrogen-bond acceptors (Lipinski definition) is 3. The summed E-state index contributed by atoms with van der Waals surface area (Å²) in [5.74, 6) is -0.766. The van der Waals surface area contributed by atoms with Gasteiger partial charge in [0.25, 0.3) is 11.8 Å². The zero-order chi connectivity index (χ0) is 22.3. The molecule has 0 fully saturated rings. The Balaban J connectivity index is 1.78. The van der Waals surface area contributed by atoms with E-state index in [2.05, 4.69) is 10.6 Å². The van der Waals surface area contributed by atoms with E-state index in [1.807, 2.05) is 72.9 Å². The third kappa shape index (κ3) is 4.65. The standard InChI is InChI=1S/C26H22N4O2/c1-27-26(32)23(28-25(31)20-13-7-3-8-14-20)17-21-18-30(22-15-9-4-10-16-22)29-24(21)19-11-5-2-6-12-19/h2-18H,1H3,(H,27,32)(H,28,31). The summed E-state index contributed by atoms with van der Waals surface area (Å²) in [6.07, 6.45) is 3.49. The number of para-hydroxylation sites is 1. The van der Waals surface area contributed by atoms with E-state index >= 15 is 0 Å². The highest BCUT2D eigenvalue weighted by Crippen LogP contribution is 2.25. The first kappa shape index (κ1) is 20.8. The Bertz CT molecular complexity index is 1250. The van der Waals surface area contributed by atoms with E-state index in [1.54, 1.807) is 35.0 Å². The van der Waals surface area contributed by atoms with E-state index in [4.69, 9.17) is 5.10 Å². The molecule has 4 rings (SSSR count). The smallest absolute Gasteiger partial charge is 0.267 e. The first-order valence-corrected chi connectivity index (χ1v) is 10.2. The van der Waals surface area contributed by atoms with Gasteiger partial charge in [-0.1, -0.05) is 66.7 Å². The highest BCUT2D eigenvalue weighted by molar-refractivity contribution is 6.05. The first-order chi connectivity index (χ1) is 15.7. The second kappa shape index (κ2) is 9.57. The number of hydrogen-bond donors (Lipinski definition) is 2. The van der Waals surface area contributed by atoms with Crippen LogP contribution in [0.5, 0.6) is 0 Å². The van der Waals surface area contributed by atoms with E-state index in [9.17, 15) is 9.59 Å². The fourth-order valence-corrected chi connectivity index (χ4v) is 3.26. The fraction of sp³-hybridized carbons (Fsp3) is 0.0385. The molecule has 1 aromatic heterocycles. The van der Waals surface area contributed by atoms with E-state index in [-0.39, 0.29) is 11.6 Å². The number of carbonyl (C=O) groups is 2. The van der Waals surface area contributed by atoms with Gasteiger partial charge in [0.15, 0.2) is 0 Å². The number of nitrogens with one attached hydrogen (secondary N) is 2. The average molecular weight is 422 g/mol. The van der Waals surface area contributed by atoms with E-state index in [0.717, 1.165) is 11.3 Å². The number of amides is 2.